The van der Waals surface area contributed by atoms with Gasteiger partial charge in [0.25, 0.3) is 0 Å². The maximum absolute atomic E-state index is 4.36. The minimum Gasteiger partial charge on any atom is -0.291 e. The molecule has 0 aromatic heterocycles. The molecule has 0 heterocycles. The lowest BCUT2D eigenvalue weighted by atomic mass is 10.1. The van der Waals surface area contributed by atoms with Crippen LogP contribution >= 0.6 is 0 Å². The van der Waals surface area contributed by atoms with E-state index in [0.29, 0.717) is 6.54 Å². The van der Waals surface area contributed by atoms with Crippen molar-refractivity contribution < 1.29 is 0 Å². The lowest BCUT2D eigenvalue weighted by Crippen LogP contribution is -2.20. The van der Waals surface area contributed by atoms with Crippen molar-refractivity contribution in [3.8, 4) is 0 Å². The zero-order chi connectivity index (χ0) is 10.2. The smallest absolute Gasteiger partial charge is 0.0746 e. The molecule has 0 radical (unpaired) electrons. The van der Waals surface area contributed by atoms with Gasteiger partial charge in [-0.1, -0.05) is 18.7 Å². The molecule has 0 amide bonds. The number of rotatable bonds is 5. The molecule has 72 valence electrons. The second-order valence-electron chi connectivity index (χ2n) is 3.34. The van der Waals surface area contributed by atoms with Crippen LogP contribution in [0.3, 0.4) is 0 Å². The minimum atomic E-state index is -0.126. The van der Waals surface area contributed by atoms with Crippen LogP contribution in [0.25, 0.3) is 0 Å². The van der Waals surface area contributed by atoms with Gasteiger partial charge in [-0.15, -0.1) is 0 Å². The quantitative estimate of drug-likeness (QED) is 0.578. The predicted octanol–water partition coefficient (Wildman–Crippen LogP) is 2.67. The summed E-state index contributed by atoms with van der Waals surface area (Å²) in [5.41, 5.74) is -0.126. The number of nitrogens with zero attached hydrogens (tertiary/aromatic N) is 2. The zero-order valence-corrected chi connectivity index (χ0v) is 8.70. The molecule has 0 saturated carbocycles. The number of aliphatic imine (C=N–C) groups is 2. The van der Waals surface area contributed by atoms with Crippen LogP contribution in [-0.4, -0.2) is 24.5 Å². The monoisotopic (exact) mass is 178 g/mol. The van der Waals surface area contributed by atoms with Gasteiger partial charge in [-0.25, -0.2) is 0 Å². The first kappa shape index (κ1) is 11.8. The van der Waals surface area contributed by atoms with Gasteiger partial charge in [0.1, 0.15) is 0 Å². The summed E-state index contributed by atoms with van der Waals surface area (Å²) in [6.45, 7) is 10.3. The van der Waals surface area contributed by atoms with E-state index in [1.807, 2.05) is 39.1 Å². The van der Waals surface area contributed by atoms with Crippen molar-refractivity contribution in [2.24, 2.45) is 9.98 Å². The maximum atomic E-state index is 4.36. The molecule has 0 N–H and O–H groups in total. The molecule has 0 fully saturated rings. The van der Waals surface area contributed by atoms with Crippen LogP contribution < -0.4 is 0 Å². The fourth-order valence-electron chi connectivity index (χ4n) is 0.722. The van der Waals surface area contributed by atoms with Gasteiger partial charge in [-0.05, 0) is 26.8 Å². The number of hydrogen-bond acceptors (Lipinski definition) is 2. The van der Waals surface area contributed by atoms with Crippen molar-refractivity contribution in [1.82, 2.24) is 0 Å². The van der Waals surface area contributed by atoms with Crippen LogP contribution in [0.4, 0.5) is 0 Å². The van der Waals surface area contributed by atoms with Crippen LogP contribution in [-0.2, 0) is 0 Å². The van der Waals surface area contributed by atoms with Crippen LogP contribution in [0.5, 0.6) is 0 Å². The average molecular weight is 178 g/mol. The van der Waals surface area contributed by atoms with Gasteiger partial charge in [0.2, 0.25) is 0 Å². The van der Waals surface area contributed by atoms with E-state index in [2.05, 4.69) is 16.6 Å². The average Bonchev–Trinajstić information content (AvgIpc) is 2.05. The Hall–Kier alpha value is -1.18. The highest BCUT2D eigenvalue weighted by atomic mass is 14.9. The maximum Gasteiger partial charge on any atom is 0.0746 e. The third kappa shape index (κ3) is 7.19. The molecule has 0 unspecified atom stereocenters. The SMILES string of the molecule is C=C/C=N\CC(C)(C)/N=C\C=C/C. The Labute approximate surface area is 80.8 Å². The summed E-state index contributed by atoms with van der Waals surface area (Å²) in [6, 6.07) is 0. The molecule has 0 spiro atoms. The highest BCUT2D eigenvalue weighted by Gasteiger charge is 2.12. The second-order valence-corrected chi connectivity index (χ2v) is 3.34. The van der Waals surface area contributed by atoms with Gasteiger partial charge >= 0.3 is 0 Å². The molecule has 13 heavy (non-hydrogen) atoms. The van der Waals surface area contributed by atoms with Gasteiger partial charge in [0, 0.05) is 12.4 Å². The Bertz CT molecular complexity index is 222. The number of hydrogen-bond donors (Lipinski definition) is 0. The molecule has 0 aromatic rings. The van der Waals surface area contributed by atoms with Gasteiger partial charge in [-0.3, -0.25) is 9.98 Å². The molecule has 0 atom stereocenters. The molecular weight excluding hydrogens is 160 g/mol. The first-order chi connectivity index (χ1) is 6.12. The van der Waals surface area contributed by atoms with Crippen LogP contribution in [0, 0.1) is 0 Å². The Balaban J connectivity index is 4.06. The summed E-state index contributed by atoms with van der Waals surface area (Å²) < 4.78 is 0. The summed E-state index contributed by atoms with van der Waals surface area (Å²) in [5, 5.41) is 0. The van der Waals surface area contributed by atoms with Gasteiger partial charge < -0.3 is 0 Å². The van der Waals surface area contributed by atoms with E-state index in [4.69, 9.17) is 0 Å². The Kier molecular flexibility index (Phi) is 5.77. The van der Waals surface area contributed by atoms with Crippen molar-refractivity contribution >= 4 is 12.4 Å². The van der Waals surface area contributed by atoms with Gasteiger partial charge in [0.05, 0.1) is 12.1 Å². The van der Waals surface area contributed by atoms with E-state index in [0.717, 1.165) is 0 Å². The van der Waals surface area contributed by atoms with E-state index < -0.39 is 0 Å². The number of allylic oxidation sites excluding steroid dienone is 3. The van der Waals surface area contributed by atoms with Crippen molar-refractivity contribution in [1.29, 1.82) is 0 Å². The molecule has 0 aromatic carbocycles. The Morgan fingerprint density at radius 2 is 2.00 bits per heavy atom. The topological polar surface area (TPSA) is 24.7 Å². The zero-order valence-electron chi connectivity index (χ0n) is 8.70. The fourth-order valence-corrected chi connectivity index (χ4v) is 0.722. The summed E-state index contributed by atoms with van der Waals surface area (Å²) in [5.74, 6) is 0. The fraction of sp³-hybridized carbons (Fsp3) is 0.455. The lowest BCUT2D eigenvalue weighted by Gasteiger charge is -2.15. The first-order valence-electron chi connectivity index (χ1n) is 4.40. The van der Waals surface area contributed by atoms with E-state index in [-0.39, 0.29) is 5.54 Å². The normalized spacial score (nSPS) is 13.5. The molecule has 0 aliphatic carbocycles. The highest BCUT2D eigenvalue weighted by Crippen LogP contribution is 2.07. The van der Waals surface area contributed by atoms with E-state index in [1.165, 1.54) is 0 Å². The van der Waals surface area contributed by atoms with E-state index >= 15 is 0 Å². The van der Waals surface area contributed by atoms with Crippen LogP contribution in [0.1, 0.15) is 20.8 Å². The molecule has 0 aliphatic rings. The summed E-state index contributed by atoms with van der Waals surface area (Å²) in [7, 11) is 0. The Morgan fingerprint density at radius 3 is 2.54 bits per heavy atom. The minimum absolute atomic E-state index is 0.126. The van der Waals surface area contributed by atoms with Gasteiger partial charge in [-0.2, -0.15) is 0 Å². The van der Waals surface area contributed by atoms with Crippen LogP contribution in [0.15, 0.2) is 34.8 Å². The third-order valence-electron chi connectivity index (χ3n) is 1.39. The third-order valence-corrected chi connectivity index (χ3v) is 1.39. The summed E-state index contributed by atoms with van der Waals surface area (Å²) in [6.07, 6.45) is 9.05. The molecule has 0 rings (SSSR count). The van der Waals surface area contributed by atoms with Crippen LogP contribution in [0.2, 0.25) is 0 Å². The molecule has 2 nitrogen and oxygen atoms in total. The molecule has 0 saturated heterocycles. The first-order valence-corrected chi connectivity index (χ1v) is 4.40. The second kappa shape index (κ2) is 6.35. The molecule has 0 bridgehead atoms. The molecule has 0 aliphatic heterocycles. The summed E-state index contributed by atoms with van der Waals surface area (Å²) in [4.78, 5) is 8.52. The van der Waals surface area contributed by atoms with E-state index in [1.54, 1.807) is 12.3 Å². The summed E-state index contributed by atoms with van der Waals surface area (Å²) >= 11 is 0. The predicted molar refractivity (Wildman–Crippen MR) is 60.9 cm³/mol. The molecule has 2 heteroatoms. The standard InChI is InChI=1S/C11H18N2/c1-5-7-9-13-11(3,4)10-12-8-6-2/h5-9H,2,10H2,1,3-4H3/b7-5-,12-8-,13-9-. The molecular formula is C11H18N2. The lowest BCUT2D eigenvalue weighted by molar-refractivity contribution is 0.541. The largest absolute Gasteiger partial charge is 0.291 e. The highest BCUT2D eigenvalue weighted by molar-refractivity contribution is 5.71. The van der Waals surface area contributed by atoms with Crippen molar-refractivity contribution in [3.05, 3.63) is 24.8 Å². The Morgan fingerprint density at radius 1 is 1.31 bits per heavy atom. The van der Waals surface area contributed by atoms with Crippen molar-refractivity contribution in [3.63, 3.8) is 0 Å². The van der Waals surface area contributed by atoms with Crippen molar-refractivity contribution in [2.45, 2.75) is 26.3 Å². The van der Waals surface area contributed by atoms with E-state index in [9.17, 15) is 0 Å². The van der Waals surface area contributed by atoms with Crippen molar-refractivity contribution in [2.75, 3.05) is 6.54 Å². The van der Waals surface area contributed by atoms with Gasteiger partial charge in [0.15, 0.2) is 0 Å².